The highest BCUT2D eigenvalue weighted by molar-refractivity contribution is 9.10. The summed E-state index contributed by atoms with van der Waals surface area (Å²) in [4.78, 5) is 15.5. The third kappa shape index (κ3) is 2.10. The Morgan fingerprint density at radius 3 is 2.38 bits per heavy atom. The molecule has 88 valence electrons. The highest BCUT2D eigenvalue weighted by Crippen LogP contribution is 2.32. The maximum Gasteiger partial charge on any atom is 0.199 e. The minimum absolute atomic E-state index is 0.195. The number of rotatable bonds is 1. The predicted octanol–water partition coefficient (Wildman–Crippen LogP) is 3.80. The first-order valence-electron chi connectivity index (χ1n) is 6.00. The first kappa shape index (κ1) is 11.9. The zero-order valence-electron chi connectivity index (χ0n) is 9.90. The molecule has 3 heteroatoms. The number of nitrogens with one attached hydrogen (secondary N) is 1. The molecule has 1 aromatic heterocycles. The number of aryl methyl sites for hydroxylation is 2. The van der Waals surface area contributed by atoms with Crippen molar-refractivity contribution < 1.29 is 0 Å². The second-order valence-corrected chi connectivity index (χ2v) is 5.56. The van der Waals surface area contributed by atoms with Crippen LogP contribution in [0.5, 0.6) is 0 Å². The molecule has 16 heavy (non-hydrogen) atoms. The summed E-state index contributed by atoms with van der Waals surface area (Å²) >= 11 is 3.39. The highest BCUT2D eigenvalue weighted by Gasteiger charge is 2.22. The number of hydrogen-bond acceptors (Lipinski definition) is 1. The number of aromatic nitrogens is 1. The van der Waals surface area contributed by atoms with E-state index in [1.165, 1.54) is 32.1 Å². The van der Waals surface area contributed by atoms with Gasteiger partial charge < -0.3 is 4.98 Å². The van der Waals surface area contributed by atoms with Crippen molar-refractivity contribution in [1.82, 2.24) is 4.98 Å². The summed E-state index contributed by atoms with van der Waals surface area (Å²) in [6.07, 6.45) is 6.17. The van der Waals surface area contributed by atoms with Crippen LogP contribution in [0.25, 0.3) is 0 Å². The molecule has 1 aromatic rings. The average Bonchev–Trinajstić information content (AvgIpc) is 2.28. The fourth-order valence-corrected chi connectivity index (χ4v) is 3.06. The summed E-state index contributed by atoms with van der Waals surface area (Å²) < 4.78 is 0.707. The van der Waals surface area contributed by atoms with E-state index in [2.05, 4.69) is 20.9 Å². The van der Waals surface area contributed by atoms with Gasteiger partial charge in [-0.25, -0.2) is 0 Å². The molecular weight excluding hydrogens is 266 g/mol. The Bertz CT molecular complexity index is 444. The summed E-state index contributed by atoms with van der Waals surface area (Å²) in [5.41, 5.74) is 3.19. The smallest absolute Gasteiger partial charge is 0.199 e. The lowest BCUT2D eigenvalue weighted by Gasteiger charge is -2.23. The Kier molecular flexibility index (Phi) is 3.53. The maximum atomic E-state index is 12.2. The molecule has 0 aliphatic heterocycles. The van der Waals surface area contributed by atoms with E-state index in [1.54, 1.807) is 0 Å². The lowest BCUT2D eigenvalue weighted by atomic mass is 9.83. The molecule has 0 unspecified atom stereocenters. The monoisotopic (exact) mass is 283 g/mol. The van der Waals surface area contributed by atoms with E-state index in [0.29, 0.717) is 10.4 Å². The van der Waals surface area contributed by atoms with Crippen molar-refractivity contribution in [2.45, 2.75) is 51.9 Å². The quantitative estimate of drug-likeness (QED) is 0.836. The van der Waals surface area contributed by atoms with Crippen LogP contribution in [-0.2, 0) is 0 Å². The molecule has 1 fully saturated rings. The minimum Gasteiger partial charge on any atom is -0.361 e. The molecule has 2 rings (SSSR count). The number of halogens is 1. The SMILES string of the molecule is Cc1[nH]c(C)c(C2CCCCC2)c(=O)c1Br. The lowest BCUT2D eigenvalue weighted by molar-refractivity contribution is 0.439. The van der Waals surface area contributed by atoms with Crippen molar-refractivity contribution in [3.8, 4) is 0 Å². The first-order valence-corrected chi connectivity index (χ1v) is 6.79. The summed E-state index contributed by atoms with van der Waals surface area (Å²) in [7, 11) is 0. The number of H-pyrrole nitrogens is 1. The Morgan fingerprint density at radius 1 is 1.12 bits per heavy atom. The molecule has 0 radical (unpaired) electrons. The van der Waals surface area contributed by atoms with Crippen molar-refractivity contribution in [3.05, 3.63) is 31.6 Å². The van der Waals surface area contributed by atoms with Gasteiger partial charge in [-0.05, 0) is 48.5 Å². The van der Waals surface area contributed by atoms with Crippen LogP contribution in [0, 0.1) is 13.8 Å². The van der Waals surface area contributed by atoms with Crippen LogP contribution in [0.2, 0.25) is 0 Å². The van der Waals surface area contributed by atoms with Crippen molar-refractivity contribution in [2.75, 3.05) is 0 Å². The third-order valence-electron chi connectivity index (χ3n) is 3.57. The standard InChI is InChI=1S/C13H18BrNO/c1-8-11(10-6-4-3-5-7-10)13(16)12(14)9(2)15-8/h10H,3-7H2,1-2H3,(H,15,16). The second kappa shape index (κ2) is 4.74. The van der Waals surface area contributed by atoms with Crippen LogP contribution in [-0.4, -0.2) is 4.98 Å². The molecule has 2 nitrogen and oxygen atoms in total. The zero-order valence-corrected chi connectivity index (χ0v) is 11.5. The molecule has 1 aliphatic rings. The van der Waals surface area contributed by atoms with E-state index in [9.17, 15) is 4.79 Å². The summed E-state index contributed by atoms with van der Waals surface area (Å²) in [5, 5.41) is 0. The predicted molar refractivity (Wildman–Crippen MR) is 70.1 cm³/mol. The zero-order chi connectivity index (χ0) is 11.7. The largest absolute Gasteiger partial charge is 0.361 e. The van der Waals surface area contributed by atoms with E-state index < -0.39 is 0 Å². The van der Waals surface area contributed by atoms with E-state index >= 15 is 0 Å². The van der Waals surface area contributed by atoms with Gasteiger partial charge in [0.1, 0.15) is 0 Å². The van der Waals surface area contributed by atoms with E-state index in [0.717, 1.165) is 17.0 Å². The molecule has 1 aliphatic carbocycles. The Morgan fingerprint density at radius 2 is 1.75 bits per heavy atom. The van der Waals surface area contributed by atoms with Gasteiger partial charge in [0.05, 0.1) is 4.47 Å². The van der Waals surface area contributed by atoms with Crippen LogP contribution in [0.3, 0.4) is 0 Å². The minimum atomic E-state index is 0.195. The van der Waals surface area contributed by atoms with E-state index in [1.807, 2.05) is 13.8 Å². The van der Waals surface area contributed by atoms with Gasteiger partial charge in [-0.1, -0.05) is 19.3 Å². The second-order valence-electron chi connectivity index (χ2n) is 4.77. The van der Waals surface area contributed by atoms with Gasteiger partial charge in [0.25, 0.3) is 0 Å². The molecule has 1 heterocycles. The lowest BCUT2D eigenvalue weighted by Crippen LogP contribution is -2.20. The molecule has 0 saturated heterocycles. The van der Waals surface area contributed by atoms with Crippen molar-refractivity contribution in [1.29, 1.82) is 0 Å². The van der Waals surface area contributed by atoms with Gasteiger partial charge in [-0.15, -0.1) is 0 Å². The molecule has 1 saturated carbocycles. The molecular formula is C13H18BrNO. The topological polar surface area (TPSA) is 32.9 Å². The highest BCUT2D eigenvalue weighted by atomic mass is 79.9. The third-order valence-corrected chi connectivity index (χ3v) is 4.52. The van der Waals surface area contributed by atoms with Crippen LogP contribution in [0.4, 0.5) is 0 Å². The van der Waals surface area contributed by atoms with Gasteiger partial charge in [0.15, 0.2) is 5.43 Å². The summed E-state index contributed by atoms with van der Waals surface area (Å²) in [6.45, 7) is 3.95. The molecule has 1 N–H and O–H groups in total. The van der Waals surface area contributed by atoms with Crippen LogP contribution >= 0.6 is 15.9 Å². The normalized spacial score (nSPS) is 17.7. The van der Waals surface area contributed by atoms with E-state index in [4.69, 9.17) is 0 Å². The fraction of sp³-hybridized carbons (Fsp3) is 0.615. The van der Waals surface area contributed by atoms with Crippen LogP contribution < -0.4 is 5.43 Å². The first-order chi connectivity index (χ1) is 7.61. The van der Waals surface area contributed by atoms with Gasteiger partial charge in [0.2, 0.25) is 0 Å². The molecule has 0 spiro atoms. The Hall–Kier alpha value is -0.570. The Labute approximate surface area is 105 Å². The van der Waals surface area contributed by atoms with Gasteiger partial charge in [0, 0.05) is 17.0 Å². The van der Waals surface area contributed by atoms with Crippen LogP contribution in [0.1, 0.15) is 55.0 Å². The fourth-order valence-electron chi connectivity index (χ4n) is 2.75. The summed E-state index contributed by atoms with van der Waals surface area (Å²) in [6, 6.07) is 0. The van der Waals surface area contributed by atoms with Crippen molar-refractivity contribution >= 4 is 15.9 Å². The summed E-state index contributed by atoms with van der Waals surface area (Å²) in [5.74, 6) is 0.467. The average molecular weight is 284 g/mol. The van der Waals surface area contributed by atoms with Gasteiger partial charge >= 0.3 is 0 Å². The molecule has 0 amide bonds. The van der Waals surface area contributed by atoms with Crippen molar-refractivity contribution in [2.24, 2.45) is 0 Å². The molecule has 0 aromatic carbocycles. The maximum absolute atomic E-state index is 12.2. The van der Waals surface area contributed by atoms with Gasteiger partial charge in [-0.2, -0.15) is 0 Å². The number of aromatic amines is 1. The number of pyridine rings is 1. The molecule has 0 atom stereocenters. The molecule has 0 bridgehead atoms. The van der Waals surface area contributed by atoms with Gasteiger partial charge in [-0.3, -0.25) is 4.79 Å². The van der Waals surface area contributed by atoms with E-state index in [-0.39, 0.29) is 5.43 Å². The Balaban J connectivity index is 2.47. The number of hydrogen-bond donors (Lipinski definition) is 1. The van der Waals surface area contributed by atoms with Crippen molar-refractivity contribution in [3.63, 3.8) is 0 Å². The van der Waals surface area contributed by atoms with Crippen LogP contribution in [0.15, 0.2) is 9.27 Å².